The highest BCUT2D eigenvalue weighted by Gasteiger charge is 2.57. The fourth-order valence-corrected chi connectivity index (χ4v) is 4.46. The normalized spacial score (nSPS) is 29.2. The van der Waals surface area contributed by atoms with E-state index in [1.165, 1.54) is 18.2 Å². The van der Waals surface area contributed by atoms with Gasteiger partial charge < -0.3 is 14.4 Å². The third-order valence-corrected chi connectivity index (χ3v) is 5.44. The Morgan fingerprint density at radius 2 is 2.17 bits per heavy atom. The molecule has 120 valence electrons. The summed E-state index contributed by atoms with van der Waals surface area (Å²) in [6.45, 7) is 0.100. The van der Waals surface area contributed by atoms with Gasteiger partial charge in [-0.1, -0.05) is 30.3 Å². The zero-order chi connectivity index (χ0) is 15.9. The summed E-state index contributed by atoms with van der Waals surface area (Å²) in [5.41, 5.74) is 0.959. The first-order valence-corrected chi connectivity index (χ1v) is 8.09. The lowest BCUT2D eigenvalue weighted by molar-refractivity contribution is 0.0547. The smallest absolute Gasteiger partial charge is 0.291 e. The predicted molar refractivity (Wildman–Crippen MR) is 83.8 cm³/mol. The zero-order valence-corrected chi connectivity index (χ0v) is 12.9. The molecule has 0 spiro atoms. The SMILES string of the molecule is O=C(c1cnco1)N1[C@@H]2CC[C@H]1[C@](CO)(Cc1ccccc1)C2. The first kappa shape index (κ1) is 14.5. The highest BCUT2D eigenvalue weighted by atomic mass is 16.3. The molecule has 1 aromatic heterocycles. The minimum absolute atomic E-state index is 0.0651. The Hall–Kier alpha value is -2.14. The molecule has 23 heavy (non-hydrogen) atoms. The second-order valence-corrected chi connectivity index (χ2v) is 6.71. The number of fused-ring (bicyclic) bond motifs is 2. The number of carbonyl (C=O) groups excluding carboxylic acids is 1. The van der Waals surface area contributed by atoms with E-state index < -0.39 is 0 Å². The van der Waals surface area contributed by atoms with Crippen molar-refractivity contribution in [2.24, 2.45) is 5.41 Å². The van der Waals surface area contributed by atoms with E-state index in [0.717, 1.165) is 25.7 Å². The molecule has 2 aliphatic heterocycles. The summed E-state index contributed by atoms with van der Waals surface area (Å²) in [5.74, 6) is 0.189. The number of aliphatic hydroxyl groups is 1. The molecule has 0 aliphatic carbocycles. The molecule has 1 amide bonds. The van der Waals surface area contributed by atoms with Crippen molar-refractivity contribution < 1.29 is 14.3 Å². The number of carbonyl (C=O) groups is 1. The second kappa shape index (κ2) is 5.49. The Morgan fingerprint density at radius 1 is 1.35 bits per heavy atom. The molecule has 2 aromatic rings. The topological polar surface area (TPSA) is 66.6 Å². The van der Waals surface area contributed by atoms with E-state index in [-0.39, 0.29) is 35.8 Å². The molecule has 4 rings (SSSR count). The average molecular weight is 312 g/mol. The van der Waals surface area contributed by atoms with Crippen LogP contribution in [0.25, 0.3) is 0 Å². The van der Waals surface area contributed by atoms with E-state index in [2.05, 4.69) is 17.1 Å². The number of aromatic nitrogens is 1. The molecule has 0 radical (unpaired) electrons. The Morgan fingerprint density at radius 3 is 2.87 bits per heavy atom. The summed E-state index contributed by atoms with van der Waals surface area (Å²) in [6, 6.07) is 10.5. The maximum atomic E-state index is 12.7. The van der Waals surface area contributed by atoms with E-state index >= 15 is 0 Å². The minimum atomic E-state index is -0.250. The summed E-state index contributed by atoms with van der Waals surface area (Å²) >= 11 is 0. The standard InChI is InChI=1S/C18H20N2O3/c21-11-18(8-13-4-2-1-3-5-13)9-14-6-7-16(18)20(14)17(22)15-10-19-12-23-15/h1-5,10,12,14,16,21H,6-9,11H2/t14-,16+,18-/m1/s1. The molecule has 3 atom stereocenters. The molecule has 1 N–H and O–H groups in total. The van der Waals surface area contributed by atoms with Gasteiger partial charge >= 0.3 is 0 Å². The van der Waals surface area contributed by atoms with Gasteiger partial charge in [-0.05, 0) is 31.2 Å². The lowest BCUT2D eigenvalue weighted by Gasteiger charge is -2.36. The van der Waals surface area contributed by atoms with Gasteiger partial charge in [0.05, 0.1) is 12.8 Å². The van der Waals surface area contributed by atoms with E-state index in [1.54, 1.807) is 0 Å². The molecule has 2 fully saturated rings. The maximum Gasteiger partial charge on any atom is 0.291 e. The number of oxazole rings is 1. The van der Waals surface area contributed by atoms with Crippen molar-refractivity contribution in [1.82, 2.24) is 9.88 Å². The van der Waals surface area contributed by atoms with Crippen LogP contribution in [0.5, 0.6) is 0 Å². The van der Waals surface area contributed by atoms with Gasteiger partial charge in [0.2, 0.25) is 5.76 Å². The highest BCUT2D eigenvalue weighted by molar-refractivity contribution is 5.92. The number of amides is 1. The van der Waals surface area contributed by atoms with Crippen molar-refractivity contribution in [2.75, 3.05) is 6.61 Å². The van der Waals surface area contributed by atoms with Crippen LogP contribution in [0.3, 0.4) is 0 Å². The summed E-state index contributed by atoms with van der Waals surface area (Å²) in [7, 11) is 0. The summed E-state index contributed by atoms with van der Waals surface area (Å²) in [6.07, 6.45) is 6.35. The van der Waals surface area contributed by atoms with Crippen molar-refractivity contribution in [3.8, 4) is 0 Å². The summed E-state index contributed by atoms with van der Waals surface area (Å²) < 4.78 is 5.19. The molecule has 2 bridgehead atoms. The van der Waals surface area contributed by atoms with Gasteiger partial charge in [-0.15, -0.1) is 0 Å². The van der Waals surface area contributed by atoms with Gasteiger partial charge in [0.25, 0.3) is 5.91 Å². The Kier molecular flexibility index (Phi) is 3.45. The van der Waals surface area contributed by atoms with E-state index in [1.807, 2.05) is 23.1 Å². The molecular formula is C18H20N2O3. The van der Waals surface area contributed by atoms with Crippen molar-refractivity contribution in [3.05, 3.63) is 54.2 Å². The van der Waals surface area contributed by atoms with Gasteiger partial charge in [0.15, 0.2) is 6.39 Å². The van der Waals surface area contributed by atoms with Crippen LogP contribution in [0, 0.1) is 5.41 Å². The van der Waals surface area contributed by atoms with Crippen LogP contribution in [0.1, 0.15) is 35.4 Å². The van der Waals surface area contributed by atoms with Crippen molar-refractivity contribution >= 4 is 5.91 Å². The van der Waals surface area contributed by atoms with Crippen LogP contribution in [-0.2, 0) is 6.42 Å². The highest BCUT2D eigenvalue weighted by Crippen LogP contribution is 2.51. The third kappa shape index (κ3) is 2.27. The van der Waals surface area contributed by atoms with E-state index in [4.69, 9.17) is 4.42 Å². The number of benzene rings is 1. The van der Waals surface area contributed by atoms with Gasteiger partial charge in [0.1, 0.15) is 0 Å². The average Bonchev–Trinajstić information content (AvgIpc) is 3.30. The Bertz CT molecular complexity index is 686. The monoisotopic (exact) mass is 312 g/mol. The van der Waals surface area contributed by atoms with Crippen LogP contribution in [0.15, 0.2) is 47.3 Å². The lowest BCUT2D eigenvalue weighted by Crippen LogP contribution is -2.43. The molecule has 2 saturated heterocycles. The molecular weight excluding hydrogens is 292 g/mol. The van der Waals surface area contributed by atoms with Gasteiger partial charge in [-0.25, -0.2) is 4.98 Å². The lowest BCUT2D eigenvalue weighted by atomic mass is 9.70. The van der Waals surface area contributed by atoms with Crippen LogP contribution in [0.4, 0.5) is 0 Å². The molecule has 1 aromatic carbocycles. The Labute approximate surface area is 134 Å². The van der Waals surface area contributed by atoms with Crippen molar-refractivity contribution in [3.63, 3.8) is 0 Å². The third-order valence-electron chi connectivity index (χ3n) is 5.44. The minimum Gasteiger partial charge on any atom is -0.438 e. The van der Waals surface area contributed by atoms with Crippen LogP contribution >= 0.6 is 0 Å². The number of hydrogen-bond donors (Lipinski definition) is 1. The molecule has 3 heterocycles. The van der Waals surface area contributed by atoms with Gasteiger partial charge in [-0.3, -0.25) is 4.79 Å². The fourth-order valence-electron chi connectivity index (χ4n) is 4.46. The van der Waals surface area contributed by atoms with Crippen molar-refractivity contribution in [1.29, 1.82) is 0 Å². The van der Waals surface area contributed by atoms with Crippen LogP contribution in [0.2, 0.25) is 0 Å². The number of aliphatic hydroxyl groups excluding tert-OH is 1. The van der Waals surface area contributed by atoms with Gasteiger partial charge in [-0.2, -0.15) is 0 Å². The predicted octanol–water partition coefficient (Wildman–Crippen LogP) is 2.27. The van der Waals surface area contributed by atoms with E-state index in [9.17, 15) is 9.90 Å². The Balaban J connectivity index is 1.62. The summed E-state index contributed by atoms with van der Waals surface area (Å²) in [5, 5.41) is 10.2. The molecule has 2 aliphatic rings. The molecule has 0 unspecified atom stereocenters. The van der Waals surface area contributed by atoms with Crippen LogP contribution in [-0.4, -0.2) is 39.6 Å². The van der Waals surface area contributed by atoms with Crippen LogP contribution < -0.4 is 0 Å². The largest absolute Gasteiger partial charge is 0.438 e. The molecule has 0 saturated carbocycles. The van der Waals surface area contributed by atoms with Crippen molar-refractivity contribution in [2.45, 2.75) is 37.8 Å². The number of nitrogens with zero attached hydrogens (tertiary/aromatic N) is 2. The van der Waals surface area contributed by atoms with E-state index in [0.29, 0.717) is 0 Å². The quantitative estimate of drug-likeness (QED) is 0.940. The van der Waals surface area contributed by atoms with Gasteiger partial charge in [0, 0.05) is 17.5 Å². The number of hydrogen-bond acceptors (Lipinski definition) is 4. The second-order valence-electron chi connectivity index (χ2n) is 6.71. The number of rotatable bonds is 4. The fraction of sp³-hybridized carbons (Fsp3) is 0.444. The first-order valence-electron chi connectivity index (χ1n) is 8.09. The molecule has 5 nitrogen and oxygen atoms in total. The summed E-state index contributed by atoms with van der Waals surface area (Å²) in [4.78, 5) is 18.5. The molecule has 5 heteroatoms. The maximum absolute atomic E-state index is 12.7. The first-order chi connectivity index (χ1) is 11.2. The zero-order valence-electron chi connectivity index (χ0n) is 12.9.